The topological polar surface area (TPSA) is 52.6 Å². The third kappa shape index (κ3) is 5.63. The second kappa shape index (κ2) is 7.64. The van der Waals surface area contributed by atoms with Crippen LogP contribution < -0.4 is 5.32 Å². The molecule has 1 aliphatic rings. The van der Waals surface area contributed by atoms with Crippen molar-refractivity contribution in [3.05, 3.63) is 29.8 Å². The quantitative estimate of drug-likeness (QED) is 0.850. The summed E-state index contributed by atoms with van der Waals surface area (Å²) in [4.78, 5) is 13.2. The van der Waals surface area contributed by atoms with Gasteiger partial charge >= 0.3 is 12.1 Å². The minimum absolute atomic E-state index is 0.0686. The first-order chi connectivity index (χ1) is 11.6. The van der Waals surface area contributed by atoms with Crippen LogP contribution in [0.25, 0.3) is 0 Å². The third-order valence-electron chi connectivity index (χ3n) is 4.83. The molecule has 4 nitrogen and oxygen atoms in total. The number of phenolic OH excluding ortho intramolecular Hbond substituents is 1. The summed E-state index contributed by atoms with van der Waals surface area (Å²) in [7, 11) is 0. The van der Waals surface area contributed by atoms with Gasteiger partial charge in [-0.3, -0.25) is 9.69 Å². The van der Waals surface area contributed by atoms with Crippen LogP contribution in [-0.4, -0.2) is 47.3 Å². The van der Waals surface area contributed by atoms with Gasteiger partial charge in [-0.1, -0.05) is 12.1 Å². The molecule has 0 radical (unpaired) electrons. The number of phenols is 1. The summed E-state index contributed by atoms with van der Waals surface area (Å²) >= 11 is 0. The first-order valence-electron chi connectivity index (χ1n) is 8.46. The second-order valence-corrected chi connectivity index (χ2v) is 7.30. The van der Waals surface area contributed by atoms with Crippen molar-refractivity contribution >= 4 is 5.91 Å². The molecule has 0 saturated carbocycles. The maximum absolute atomic E-state index is 12.2. The van der Waals surface area contributed by atoms with Crippen LogP contribution in [0.5, 0.6) is 5.75 Å². The van der Waals surface area contributed by atoms with Crippen LogP contribution in [0.4, 0.5) is 13.2 Å². The SMILES string of the molecule is CC(C)(Cc1cccc(O)c1)N1CCC(CNC(=O)C(F)(F)F)CC1. The molecule has 1 aliphatic heterocycles. The fraction of sp³-hybridized carbons (Fsp3) is 0.611. The van der Waals surface area contributed by atoms with Gasteiger partial charge in [0.05, 0.1) is 0 Å². The van der Waals surface area contributed by atoms with E-state index in [-0.39, 0.29) is 23.8 Å². The van der Waals surface area contributed by atoms with Crippen molar-refractivity contribution in [3.8, 4) is 5.75 Å². The van der Waals surface area contributed by atoms with E-state index < -0.39 is 12.1 Å². The average molecular weight is 358 g/mol. The number of carbonyl (C=O) groups excluding carboxylic acids is 1. The Labute approximate surface area is 146 Å². The van der Waals surface area contributed by atoms with Crippen molar-refractivity contribution in [2.24, 2.45) is 5.92 Å². The number of carbonyl (C=O) groups is 1. The van der Waals surface area contributed by atoms with Gasteiger partial charge in [0.25, 0.3) is 0 Å². The van der Waals surface area contributed by atoms with Gasteiger partial charge in [0.1, 0.15) is 5.75 Å². The van der Waals surface area contributed by atoms with Gasteiger partial charge in [0.15, 0.2) is 0 Å². The molecule has 2 N–H and O–H groups in total. The standard InChI is InChI=1S/C18H25F3N2O2/c1-17(2,11-14-4-3-5-15(24)10-14)23-8-6-13(7-9-23)12-22-16(25)18(19,20)21/h3-5,10,13,24H,6-9,11-12H2,1-2H3,(H,22,25). The Bertz CT molecular complexity index is 594. The van der Waals surface area contributed by atoms with Gasteiger partial charge in [-0.15, -0.1) is 0 Å². The zero-order valence-corrected chi connectivity index (χ0v) is 14.6. The summed E-state index contributed by atoms with van der Waals surface area (Å²) in [6.45, 7) is 5.88. The van der Waals surface area contributed by atoms with E-state index in [1.165, 1.54) is 0 Å². The van der Waals surface area contributed by atoms with E-state index in [1.807, 2.05) is 17.4 Å². The molecule has 1 fully saturated rings. The zero-order valence-electron chi connectivity index (χ0n) is 14.6. The number of nitrogens with zero attached hydrogens (tertiary/aromatic N) is 1. The number of aromatic hydroxyl groups is 1. The van der Waals surface area contributed by atoms with Crippen molar-refractivity contribution in [2.45, 2.75) is 44.8 Å². The fourth-order valence-electron chi connectivity index (χ4n) is 3.36. The van der Waals surface area contributed by atoms with Gasteiger partial charge in [0.2, 0.25) is 0 Å². The van der Waals surface area contributed by atoms with E-state index in [0.717, 1.165) is 37.9 Å². The van der Waals surface area contributed by atoms with Crippen LogP contribution in [0.3, 0.4) is 0 Å². The number of nitrogens with one attached hydrogen (secondary N) is 1. The lowest BCUT2D eigenvalue weighted by molar-refractivity contribution is -0.173. The maximum atomic E-state index is 12.2. The first-order valence-corrected chi connectivity index (χ1v) is 8.46. The Morgan fingerprint density at radius 1 is 1.28 bits per heavy atom. The molecule has 1 amide bonds. The van der Waals surface area contributed by atoms with Crippen LogP contribution >= 0.6 is 0 Å². The van der Waals surface area contributed by atoms with E-state index in [1.54, 1.807) is 12.1 Å². The molecule has 0 bridgehead atoms. The highest BCUT2D eigenvalue weighted by atomic mass is 19.4. The van der Waals surface area contributed by atoms with Crippen molar-refractivity contribution in [3.63, 3.8) is 0 Å². The molecule has 140 valence electrons. The molecule has 1 saturated heterocycles. The summed E-state index contributed by atoms with van der Waals surface area (Å²) < 4.78 is 36.7. The summed E-state index contributed by atoms with van der Waals surface area (Å²) in [6, 6.07) is 7.18. The second-order valence-electron chi connectivity index (χ2n) is 7.30. The highest BCUT2D eigenvalue weighted by Crippen LogP contribution is 2.28. The molecule has 1 heterocycles. The fourth-order valence-corrected chi connectivity index (χ4v) is 3.36. The van der Waals surface area contributed by atoms with Crippen LogP contribution in [0.2, 0.25) is 0 Å². The molecule has 0 atom stereocenters. The Morgan fingerprint density at radius 2 is 1.92 bits per heavy atom. The Kier molecular flexibility index (Phi) is 5.98. The van der Waals surface area contributed by atoms with E-state index in [0.29, 0.717) is 0 Å². The molecule has 7 heteroatoms. The Balaban J connectivity index is 1.83. The lowest BCUT2D eigenvalue weighted by Gasteiger charge is -2.43. The van der Waals surface area contributed by atoms with Gasteiger partial charge in [0, 0.05) is 12.1 Å². The average Bonchev–Trinajstić information content (AvgIpc) is 2.51. The number of halogens is 3. The Morgan fingerprint density at radius 3 is 2.48 bits per heavy atom. The smallest absolute Gasteiger partial charge is 0.471 e. The molecular formula is C18H25F3N2O2. The predicted octanol–water partition coefficient (Wildman–Crippen LogP) is 3.10. The minimum Gasteiger partial charge on any atom is -0.508 e. The number of piperidine rings is 1. The summed E-state index contributed by atoms with van der Waals surface area (Å²) in [6.07, 6.45) is -2.54. The monoisotopic (exact) mass is 358 g/mol. The van der Waals surface area contributed by atoms with E-state index >= 15 is 0 Å². The lowest BCUT2D eigenvalue weighted by Crippen LogP contribution is -2.50. The number of benzene rings is 1. The summed E-state index contributed by atoms with van der Waals surface area (Å²) in [5.41, 5.74) is 0.929. The molecule has 0 unspecified atom stereocenters. The van der Waals surface area contributed by atoms with Crippen LogP contribution in [0.1, 0.15) is 32.3 Å². The number of amides is 1. The van der Waals surface area contributed by atoms with Crippen molar-refractivity contribution in [2.75, 3.05) is 19.6 Å². The minimum atomic E-state index is -4.82. The van der Waals surface area contributed by atoms with E-state index in [9.17, 15) is 23.1 Å². The molecule has 0 aromatic heterocycles. The maximum Gasteiger partial charge on any atom is 0.471 e. The third-order valence-corrected chi connectivity index (χ3v) is 4.83. The van der Waals surface area contributed by atoms with Crippen molar-refractivity contribution in [1.29, 1.82) is 0 Å². The lowest BCUT2D eigenvalue weighted by atomic mass is 9.88. The van der Waals surface area contributed by atoms with E-state index in [4.69, 9.17) is 0 Å². The summed E-state index contributed by atoms with van der Waals surface area (Å²) in [5, 5.41) is 11.6. The number of alkyl halides is 3. The zero-order chi connectivity index (χ0) is 18.7. The number of likely N-dealkylation sites (tertiary alicyclic amines) is 1. The molecule has 1 aromatic rings. The predicted molar refractivity (Wildman–Crippen MR) is 89.3 cm³/mol. The van der Waals surface area contributed by atoms with Crippen molar-refractivity contribution < 1.29 is 23.1 Å². The molecule has 25 heavy (non-hydrogen) atoms. The normalized spacial score (nSPS) is 17.5. The van der Waals surface area contributed by atoms with Gasteiger partial charge < -0.3 is 10.4 Å². The largest absolute Gasteiger partial charge is 0.508 e. The van der Waals surface area contributed by atoms with Gasteiger partial charge in [-0.05, 0) is 69.8 Å². The first kappa shape index (κ1) is 19.6. The van der Waals surface area contributed by atoms with E-state index in [2.05, 4.69) is 18.7 Å². The molecule has 0 aliphatic carbocycles. The number of hydrogen-bond acceptors (Lipinski definition) is 3. The van der Waals surface area contributed by atoms with Crippen molar-refractivity contribution in [1.82, 2.24) is 10.2 Å². The van der Waals surface area contributed by atoms with Gasteiger partial charge in [-0.2, -0.15) is 13.2 Å². The van der Waals surface area contributed by atoms with Crippen LogP contribution in [0.15, 0.2) is 24.3 Å². The molecule has 0 spiro atoms. The van der Waals surface area contributed by atoms with Crippen LogP contribution in [0, 0.1) is 5.92 Å². The number of rotatable bonds is 5. The molecule has 1 aromatic carbocycles. The Hall–Kier alpha value is -1.76. The number of hydrogen-bond donors (Lipinski definition) is 2. The van der Waals surface area contributed by atoms with Crippen LogP contribution in [-0.2, 0) is 11.2 Å². The molecular weight excluding hydrogens is 333 g/mol. The van der Waals surface area contributed by atoms with Gasteiger partial charge in [-0.25, -0.2) is 0 Å². The molecule has 2 rings (SSSR count). The highest BCUT2D eigenvalue weighted by molar-refractivity contribution is 5.81. The summed E-state index contributed by atoms with van der Waals surface area (Å²) in [5.74, 6) is -1.55. The highest BCUT2D eigenvalue weighted by Gasteiger charge is 2.39.